The number of rotatable bonds is 11. The average Bonchev–Trinajstić information content (AvgIpc) is 3.01. The second kappa shape index (κ2) is 13.1. The minimum atomic E-state index is -3.56. The third kappa shape index (κ3) is 7.83. The molecule has 0 aliphatic rings. The van der Waals surface area contributed by atoms with Crippen LogP contribution in [0.4, 0.5) is 11.4 Å². The zero-order valence-electron chi connectivity index (χ0n) is 23.2. The van der Waals surface area contributed by atoms with Crippen molar-refractivity contribution in [1.29, 1.82) is 0 Å². The Bertz CT molecular complexity index is 1710. The first-order valence-electron chi connectivity index (χ1n) is 13.5. The standard InChI is InChI=1S/C34H31N3O4S/c1-42(39,40)37(32-15-17-33(18-16-32)41-25-29-5-3-2-4-6-29)24-28-7-11-30(12-8-28)34(38)36-31-13-9-26(10-14-31)23-27-19-21-35-22-20-27/h2-22H,23-25H2,1H3,(H,36,38). The Morgan fingerprint density at radius 1 is 0.738 bits per heavy atom. The van der Waals surface area contributed by atoms with Gasteiger partial charge in [0.05, 0.1) is 18.5 Å². The Morgan fingerprint density at radius 3 is 2.00 bits per heavy atom. The fourth-order valence-electron chi connectivity index (χ4n) is 4.42. The first-order chi connectivity index (χ1) is 20.3. The van der Waals surface area contributed by atoms with E-state index in [-0.39, 0.29) is 12.5 Å². The van der Waals surface area contributed by atoms with Crippen LogP contribution in [0.3, 0.4) is 0 Å². The number of amides is 1. The maximum Gasteiger partial charge on any atom is 0.255 e. The normalized spacial score (nSPS) is 11.1. The number of hydrogen-bond acceptors (Lipinski definition) is 5. The third-order valence-electron chi connectivity index (χ3n) is 6.69. The quantitative estimate of drug-likeness (QED) is 0.194. The lowest BCUT2D eigenvalue weighted by atomic mass is 10.1. The molecule has 1 N–H and O–H groups in total. The van der Waals surface area contributed by atoms with Crippen molar-refractivity contribution >= 4 is 27.3 Å². The second-order valence-corrected chi connectivity index (χ2v) is 11.8. The van der Waals surface area contributed by atoms with Gasteiger partial charge in [-0.25, -0.2) is 8.42 Å². The highest BCUT2D eigenvalue weighted by Gasteiger charge is 2.18. The maximum absolute atomic E-state index is 12.8. The molecule has 0 aliphatic heterocycles. The number of pyridine rings is 1. The van der Waals surface area contributed by atoms with Gasteiger partial charge in [-0.1, -0.05) is 54.6 Å². The van der Waals surface area contributed by atoms with E-state index >= 15 is 0 Å². The number of carbonyl (C=O) groups excluding carboxylic acids is 1. The first kappa shape index (κ1) is 28.6. The van der Waals surface area contributed by atoms with Crippen molar-refractivity contribution in [2.75, 3.05) is 15.9 Å². The lowest BCUT2D eigenvalue weighted by molar-refractivity contribution is 0.102. The van der Waals surface area contributed by atoms with Gasteiger partial charge in [-0.15, -0.1) is 0 Å². The van der Waals surface area contributed by atoms with Crippen molar-refractivity contribution in [1.82, 2.24) is 4.98 Å². The number of nitrogens with one attached hydrogen (secondary N) is 1. The highest BCUT2D eigenvalue weighted by molar-refractivity contribution is 7.92. The predicted octanol–water partition coefficient (Wildman–Crippen LogP) is 6.47. The molecule has 7 nitrogen and oxygen atoms in total. The molecule has 1 amide bonds. The van der Waals surface area contributed by atoms with Crippen LogP contribution in [0, 0.1) is 0 Å². The molecule has 0 saturated heterocycles. The van der Waals surface area contributed by atoms with Crippen molar-refractivity contribution in [2.45, 2.75) is 19.6 Å². The summed E-state index contributed by atoms with van der Waals surface area (Å²) in [6, 6.07) is 35.4. The van der Waals surface area contributed by atoms with Gasteiger partial charge in [-0.2, -0.15) is 0 Å². The molecule has 5 aromatic rings. The van der Waals surface area contributed by atoms with Crippen molar-refractivity contribution in [3.63, 3.8) is 0 Å². The average molecular weight is 578 g/mol. The van der Waals surface area contributed by atoms with Gasteiger partial charge >= 0.3 is 0 Å². The molecule has 1 heterocycles. The first-order valence-corrected chi connectivity index (χ1v) is 15.3. The van der Waals surface area contributed by atoms with E-state index in [1.165, 1.54) is 16.1 Å². The molecule has 0 atom stereocenters. The number of anilines is 2. The Hall–Kier alpha value is -4.95. The highest BCUT2D eigenvalue weighted by Crippen LogP contribution is 2.25. The van der Waals surface area contributed by atoms with Crippen LogP contribution in [0.1, 0.15) is 32.6 Å². The number of nitrogens with zero attached hydrogens (tertiary/aromatic N) is 2. The number of sulfonamides is 1. The second-order valence-electron chi connectivity index (χ2n) is 9.92. The lowest BCUT2D eigenvalue weighted by Gasteiger charge is -2.23. The van der Waals surface area contributed by atoms with Gasteiger partial charge in [0.25, 0.3) is 5.91 Å². The van der Waals surface area contributed by atoms with Crippen molar-refractivity contribution in [3.05, 3.63) is 155 Å². The third-order valence-corrected chi connectivity index (χ3v) is 7.83. The summed E-state index contributed by atoms with van der Waals surface area (Å²) in [5.74, 6) is 0.407. The molecule has 5 rings (SSSR count). The molecular formula is C34H31N3O4S. The maximum atomic E-state index is 12.8. The van der Waals surface area contributed by atoms with E-state index in [1.807, 2.05) is 66.7 Å². The van der Waals surface area contributed by atoms with Crippen LogP contribution in [0.25, 0.3) is 0 Å². The number of hydrogen-bond donors (Lipinski definition) is 1. The van der Waals surface area contributed by atoms with Crippen LogP contribution in [0.15, 0.2) is 128 Å². The molecule has 0 fully saturated rings. The van der Waals surface area contributed by atoms with Gasteiger partial charge in [0.15, 0.2) is 0 Å². The van der Waals surface area contributed by atoms with Gasteiger partial charge in [-0.3, -0.25) is 14.1 Å². The fourth-order valence-corrected chi connectivity index (χ4v) is 5.31. The summed E-state index contributed by atoms with van der Waals surface area (Å²) >= 11 is 0. The molecule has 0 unspecified atom stereocenters. The number of benzene rings is 4. The number of carbonyl (C=O) groups is 1. The molecule has 0 saturated carbocycles. The topological polar surface area (TPSA) is 88.6 Å². The number of aromatic nitrogens is 1. The Labute approximate surface area is 246 Å². The SMILES string of the molecule is CS(=O)(=O)N(Cc1ccc(C(=O)Nc2ccc(Cc3ccncc3)cc2)cc1)c1ccc(OCc2ccccc2)cc1. The highest BCUT2D eigenvalue weighted by atomic mass is 32.2. The summed E-state index contributed by atoms with van der Waals surface area (Å²) < 4.78 is 32.5. The summed E-state index contributed by atoms with van der Waals surface area (Å²) in [6.45, 7) is 0.553. The van der Waals surface area contributed by atoms with Gasteiger partial charge in [0.2, 0.25) is 10.0 Å². The molecule has 0 bridgehead atoms. The Morgan fingerprint density at radius 2 is 1.36 bits per heavy atom. The molecule has 0 aliphatic carbocycles. The molecule has 42 heavy (non-hydrogen) atoms. The summed E-state index contributed by atoms with van der Waals surface area (Å²) in [6.07, 6.45) is 5.51. The van der Waals surface area contributed by atoms with E-state index in [4.69, 9.17) is 4.74 Å². The van der Waals surface area contributed by atoms with Crippen molar-refractivity contribution < 1.29 is 17.9 Å². The van der Waals surface area contributed by atoms with Crippen molar-refractivity contribution in [3.8, 4) is 5.75 Å². The largest absolute Gasteiger partial charge is 0.489 e. The predicted molar refractivity (Wildman–Crippen MR) is 166 cm³/mol. The van der Waals surface area contributed by atoms with Crippen LogP contribution in [0.5, 0.6) is 5.75 Å². The van der Waals surface area contributed by atoms with E-state index in [2.05, 4.69) is 10.3 Å². The Kier molecular flexibility index (Phi) is 8.94. The van der Waals surface area contributed by atoms with Gasteiger partial charge in [-0.05, 0) is 89.3 Å². The molecule has 1 aromatic heterocycles. The van der Waals surface area contributed by atoms with Gasteiger partial charge < -0.3 is 10.1 Å². The summed E-state index contributed by atoms with van der Waals surface area (Å²) in [7, 11) is -3.56. The van der Waals surface area contributed by atoms with Crippen LogP contribution >= 0.6 is 0 Å². The van der Waals surface area contributed by atoms with Gasteiger partial charge in [0.1, 0.15) is 12.4 Å². The van der Waals surface area contributed by atoms with E-state index in [9.17, 15) is 13.2 Å². The van der Waals surface area contributed by atoms with Gasteiger partial charge in [0, 0.05) is 23.6 Å². The summed E-state index contributed by atoms with van der Waals surface area (Å²) in [5.41, 5.74) is 5.80. The van der Waals surface area contributed by atoms with E-state index in [0.29, 0.717) is 29.3 Å². The summed E-state index contributed by atoms with van der Waals surface area (Å²) in [5, 5.41) is 2.92. The van der Waals surface area contributed by atoms with Crippen LogP contribution in [0.2, 0.25) is 0 Å². The monoisotopic (exact) mass is 577 g/mol. The smallest absolute Gasteiger partial charge is 0.255 e. The zero-order valence-corrected chi connectivity index (χ0v) is 24.0. The minimum absolute atomic E-state index is 0.129. The molecule has 0 spiro atoms. The molecular weight excluding hydrogens is 546 g/mol. The van der Waals surface area contributed by atoms with Crippen molar-refractivity contribution in [2.24, 2.45) is 0 Å². The fraction of sp³-hybridized carbons (Fsp3) is 0.118. The molecule has 212 valence electrons. The zero-order chi connectivity index (χ0) is 29.4. The van der Waals surface area contributed by atoms with E-state index in [1.54, 1.807) is 60.9 Å². The van der Waals surface area contributed by atoms with E-state index in [0.717, 1.165) is 23.1 Å². The molecule has 8 heteroatoms. The van der Waals surface area contributed by atoms with E-state index < -0.39 is 10.0 Å². The lowest BCUT2D eigenvalue weighted by Crippen LogP contribution is -2.29. The van der Waals surface area contributed by atoms with Crippen LogP contribution in [-0.4, -0.2) is 25.6 Å². The Balaban J connectivity index is 1.19. The minimum Gasteiger partial charge on any atom is -0.489 e. The van der Waals surface area contributed by atoms with Crippen LogP contribution in [-0.2, 0) is 29.6 Å². The van der Waals surface area contributed by atoms with Crippen LogP contribution < -0.4 is 14.4 Å². The number of ether oxygens (including phenoxy) is 1. The molecule has 0 radical (unpaired) electrons. The summed E-state index contributed by atoms with van der Waals surface area (Å²) in [4.78, 5) is 16.9. The molecule has 4 aromatic carbocycles.